The van der Waals surface area contributed by atoms with Crippen LogP contribution in [0.4, 0.5) is 0 Å². The number of nitrogens with two attached hydrogens (primary N) is 1. The van der Waals surface area contributed by atoms with Crippen LogP contribution in [0.25, 0.3) is 0 Å². The van der Waals surface area contributed by atoms with Crippen LogP contribution in [0.3, 0.4) is 0 Å². The smallest absolute Gasteiger partial charge is 0.303 e. The molecule has 1 aliphatic carbocycles. The third-order valence-electron chi connectivity index (χ3n) is 2.96. The molecule has 0 aromatic carbocycles. The number of hydrogen-bond acceptors (Lipinski definition) is 2. The SMILES string of the molecule is CC1(CC(=O)O)CCCCC1N. The normalized spacial score (nSPS) is 36.3. The van der Waals surface area contributed by atoms with Gasteiger partial charge in [-0.15, -0.1) is 0 Å². The van der Waals surface area contributed by atoms with Crippen molar-refractivity contribution in [3.8, 4) is 0 Å². The van der Waals surface area contributed by atoms with Crippen molar-refractivity contribution in [3.63, 3.8) is 0 Å². The number of carboxylic acid groups (broad SMARTS) is 1. The molecule has 1 fully saturated rings. The highest BCUT2D eigenvalue weighted by Crippen LogP contribution is 2.37. The predicted molar refractivity (Wildman–Crippen MR) is 46.8 cm³/mol. The summed E-state index contributed by atoms with van der Waals surface area (Å²) < 4.78 is 0. The number of hydrogen-bond donors (Lipinski definition) is 2. The molecule has 0 aromatic heterocycles. The molecule has 0 radical (unpaired) electrons. The van der Waals surface area contributed by atoms with E-state index < -0.39 is 5.97 Å². The summed E-state index contributed by atoms with van der Waals surface area (Å²) in [7, 11) is 0. The molecule has 2 atom stereocenters. The first kappa shape index (κ1) is 9.52. The van der Waals surface area contributed by atoms with Crippen LogP contribution < -0.4 is 5.73 Å². The molecule has 0 spiro atoms. The van der Waals surface area contributed by atoms with Gasteiger partial charge in [-0.05, 0) is 18.3 Å². The molecule has 0 bridgehead atoms. The van der Waals surface area contributed by atoms with Crippen molar-refractivity contribution in [1.82, 2.24) is 0 Å². The highest BCUT2D eigenvalue weighted by molar-refractivity contribution is 5.67. The average molecular weight is 171 g/mol. The quantitative estimate of drug-likeness (QED) is 0.659. The summed E-state index contributed by atoms with van der Waals surface area (Å²) in [6.07, 6.45) is 4.42. The van der Waals surface area contributed by atoms with Gasteiger partial charge in [0.1, 0.15) is 0 Å². The van der Waals surface area contributed by atoms with Crippen LogP contribution in [-0.4, -0.2) is 17.1 Å². The fourth-order valence-corrected chi connectivity index (χ4v) is 1.99. The lowest BCUT2D eigenvalue weighted by molar-refractivity contribution is -0.140. The van der Waals surface area contributed by atoms with Gasteiger partial charge in [-0.25, -0.2) is 0 Å². The first-order chi connectivity index (χ1) is 5.54. The summed E-state index contributed by atoms with van der Waals surface area (Å²) in [6, 6.07) is 0.0716. The molecule has 12 heavy (non-hydrogen) atoms. The van der Waals surface area contributed by atoms with Gasteiger partial charge in [0.25, 0.3) is 0 Å². The molecule has 0 heterocycles. The predicted octanol–water partition coefficient (Wildman–Crippen LogP) is 1.37. The van der Waals surface area contributed by atoms with Crippen LogP contribution in [0, 0.1) is 5.41 Å². The van der Waals surface area contributed by atoms with E-state index in [-0.39, 0.29) is 17.9 Å². The van der Waals surface area contributed by atoms with Gasteiger partial charge in [0.05, 0.1) is 6.42 Å². The van der Waals surface area contributed by atoms with Crippen molar-refractivity contribution < 1.29 is 9.90 Å². The second-order valence-corrected chi connectivity index (χ2v) is 4.08. The molecule has 3 N–H and O–H groups in total. The monoisotopic (exact) mass is 171 g/mol. The Kier molecular flexibility index (Phi) is 2.73. The van der Waals surface area contributed by atoms with Crippen molar-refractivity contribution in [2.24, 2.45) is 11.1 Å². The molecule has 0 aromatic rings. The summed E-state index contributed by atoms with van der Waals surface area (Å²) in [6.45, 7) is 1.99. The minimum atomic E-state index is -0.727. The van der Waals surface area contributed by atoms with Crippen molar-refractivity contribution in [1.29, 1.82) is 0 Å². The molecule has 2 unspecified atom stereocenters. The zero-order chi connectivity index (χ0) is 9.19. The lowest BCUT2D eigenvalue weighted by Crippen LogP contribution is -2.43. The van der Waals surface area contributed by atoms with E-state index in [1.165, 1.54) is 0 Å². The second kappa shape index (κ2) is 3.44. The maximum atomic E-state index is 10.6. The molecule has 1 rings (SSSR count). The van der Waals surface area contributed by atoms with Crippen LogP contribution >= 0.6 is 0 Å². The summed E-state index contributed by atoms with van der Waals surface area (Å²) in [5, 5.41) is 8.69. The molecule has 70 valence electrons. The minimum absolute atomic E-state index is 0.0716. The highest BCUT2D eigenvalue weighted by atomic mass is 16.4. The van der Waals surface area contributed by atoms with Gasteiger partial charge in [-0.2, -0.15) is 0 Å². The van der Waals surface area contributed by atoms with E-state index in [1.807, 2.05) is 6.92 Å². The third-order valence-corrected chi connectivity index (χ3v) is 2.96. The van der Waals surface area contributed by atoms with Crippen LogP contribution in [0.15, 0.2) is 0 Å². The average Bonchev–Trinajstić information content (AvgIpc) is 1.94. The molecular formula is C9H17NO2. The van der Waals surface area contributed by atoms with Gasteiger partial charge >= 0.3 is 5.97 Å². The Morgan fingerprint density at radius 1 is 1.67 bits per heavy atom. The van der Waals surface area contributed by atoms with E-state index >= 15 is 0 Å². The van der Waals surface area contributed by atoms with Gasteiger partial charge in [-0.3, -0.25) is 4.79 Å². The van der Waals surface area contributed by atoms with Crippen LogP contribution in [-0.2, 0) is 4.79 Å². The Morgan fingerprint density at radius 3 is 2.83 bits per heavy atom. The van der Waals surface area contributed by atoms with E-state index in [2.05, 4.69) is 0 Å². The molecule has 1 aliphatic rings. The summed E-state index contributed by atoms with van der Waals surface area (Å²) >= 11 is 0. The van der Waals surface area contributed by atoms with E-state index in [0.29, 0.717) is 0 Å². The van der Waals surface area contributed by atoms with Crippen molar-refractivity contribution >= 4 is 5.97 Å². The first-order valence-corrected chi connectivity index (χ1v) is 4.52. The summed E-state index contributed by atoms with van der Waals surface area (Å²) in [4.78, 5) is 10.6. The number of aliphatic carboxylic acids is 1. The van der Waals surface area contributed by atoms with Gasteiger partial charge in [-0.1, -0.05) is 19.8 Å². The second-order valence-electron chi connectivity index (χ2n) is 4.08. The zero-order valence-electron chi connectivity index (χ0n) is 7.55. The minimum Gasteiger partial charge on any atom is -0.481 e. The Balaban J connectivity index is 2.59. The van der Waals surface area contributed by atoms with E-state index in [9.17, 15) is 4.79 Å². The van der Waals surface area contributed by atoms with Crippen LogP contribution in [0.1, 0.15) is 39.0 Å². The molecule has 3 nitrogen and oxygen atoms in total. The van der Waals surface area contributed by atoms with E-state index in [4.69, 9.17) is 10.8 Å². The van der Waals surface area contributed by atoms with E-state index in [0.717, 1.165) is 25.7 Å². The largest absolute Gasteiger partial charge is 0.481 e. The zero-order valence-corrected chi connectivity index (χ0v) is 7.55. The Hall–Kier alpha value is -0.570. The first-order valence-electron chi connectivity index (χ1n) is 4.52. The highest BCUT2D eigenvalue weighted by Gasteiger charge is 2.35. The topological polar surface area (TPSA) is 63.3 Å². The number of carboxylic acids is 1. The molecule has 0 saturated heterocycles. The number of carbonyl (C=O) groups is 1. The van der Waals surface area contributed by atoms with Crippen LogP contribution in [0.2, 0.25) is 0 Å². The van der Waals surface area contributed by atoms with Crippen molar-refractivity contribution in [2.45, 2.75) is 45.1 Å². The van der Waals surface area contributed by atoms with Crippen LogP contribution in [0.5, 0.6) is 0 Å². The fraction of sp³-hybridized carbons (Fsp3) is 0.889. The van der Waals surface area contributed by atoms with Gasteiger partial charge in [0.2, 0.25) is 0 Å². The molecule has 0 aliphatic heterocycles. The maximum absolute atomic E-state index is 10.6. The summed E-state index contributed by atoms with van der Waals surface area (Å²) in [5.41, 5.74) is 5.74. The maximum Gasteiger partial charge on any atom is 0.303 e. The Bertz CT molecular complexity index is 181. The van der Waals surface area contributed by atoms with Gasteiger partial charge in [0, 0.05) is 6.04 Å². The Morgan fingerprint density at radius 2 is 2.33 bits per heavy atom. The van der Waals surface area contributed by atoms with Gasteiger partial charge in [0.15, 0.2) is 0 Å². The lowest BCUT2D eigenvalue weighted by Gasteiger charge is -2.38. The molecular weight excluding hydrogens is 154 g/mol. The molecule has 0 amide bonds. The van der Waals surface area contributed by atoms with E-state index in [1.54, 1.807) is 0 Å². The van der Waals surface area contributed by atoms with Crippen molar-refractivity contribution in [3.05, 3.63) is 0 Å². The standard InChI is InChI=1S/C9H17NO2/c1-9(6-8(11)12)5-3-2-4-7(9)10/h7H,2-6,10H2,1H3,(H,11,12). The molecule has 3 heteroatoms. The third kappa shape index (κ3) is 1.97. The van der Waals surface area contributed by atoms with Crippen molar-refractivity contribution in [2.75, 3.05) is 0 Å². The van der Waals surface area contributed by atoms with Gasteiger partial charge < -0.3 is 10.8 Å². The number of rotatable bonds is 2. The lowest BCUT2D eigenvalue weighted by atomic mass is 9.70. The summed E-state index contributed by atoms with van der Waals surface area (Å²) in [5.74, 6) is -0.727. The fourth-order valence-electron chi connectivity index (χ4n) is 1.99. The molecule has 1 saturated carbocycles. The Labute approximate surface area is 72.9 Å².